The van der Waals surface area contributed by atoms with E-state index in [0.29, 0.717) is 12.5 Å². The molecule has 2 rings (SSSR count). The number of ether oxygens (including phenoxy) is 1. The molecule has 6 heteroatoms. The first-order chi connectivity index (χ1) is 10.8. The lowest BCUT2D eigenvalue weighted by atomic mass is 9.95. The molecular weight excluding hydrogens is 292 g/mol. The van der Waals surface area contributed by atoms with Crippen LogP contribution in [0.15, 0.2) is 18.6 Å². The van der Waals surface area contributed by atoms with Gasteiger partial charge in [-0.1, -0.05) is 0 Å². The Morgan fingerprint density at radius 2 is 2.09 bits per heavy atom. The van der Waals surface area contributed by atoms with E-state index < -0.39 is 5.60 Å². The number of alkyl carbamates (subject to hydrolysis) is 1. The van der Waals surface area contributed by atoms with Crippen molar-refractivity contribution in [2.75, 3.05) is 19.6 Å². The summed E-state index contributed by atoms with van der Waals surface area (Å²) in [7, 11) is 0. The van der Waals surface area contributed by atoms with Gasteiger partial charge in [-0.3, -0.25) is 14.9 Å². The van der Waals surface area contributed by atoms with Crippen molar-refractivity contribution >= 4 is 6.09 Å². The topological polar surface area (TPSA) is 67.4 Å². The quantitative estimate of drug-likeness (QED) is 0.924. The number of carbonyl (C=O) groups is 1. The zero-order valence-electron chi connectivity index (χ0n) is 14.6. The Labute approximate surface area is 138 Å². The zero-order valence-corrected chi connectivity index (χ0v) is 14.6. The molecule has 0 unspecified atom stereocenters. The Kier molecular flexibility index (Phi) is 5.93. The SMILES string of the molecule is C[C@H](c1cnccn1)N1CCC(CNC(=O)OC(C)(C)C)CC1. The molecule has 0 radical (unpaired) electrons. The predicted octanol–water partition coefficient (Wildman–Crippen LogP) is 2.77. The highest BCUT2D eigenvalue weighted by atomic mass is 16.6. The lowest BCUT2D eigenvalue weighted by molar-refractivity contribution is 0.0505. The minimum absolute atomic E-state index is 0.281. The van der Waals surface area contributed by atoms with Gasteiger partial charge in [-0.25, -0.2) is 4.79 Å². The highest BCUT2D eigenvalue weighted by Gasteiger charge is 2.25. The number of nitrogens with one attached hydrogen (secondary N) is 1. The summed E-state index contributed by atoms with van der Waals surface area (Å²) in [5.74, 6) is 0.507. The summed E-state index contributed by atoms with van der Waals surface area (Å²) in [6, 6.07) is 0.281. The number of carbonyl (C=O) groups excluding carboxylic acids is 1. The molecule has 128 valence electrons. The molecular formula is C17H28N4O2. The molecule has 1 aromatic rings. The fraction of sp³-hybridized carbons (Fsp3) is 0.706. The van der Waals surface area contributed by atoms with E-state index in [1.54, 1.807) is 12.4 Å². The lowest BCUT2D eigenvalue weighted by Crippen LogP contribution is -2.41. The number of aromatic nitrogens is 2. The van der Waals surface area contributed by atoms with Gasteiger partial charge in [-0.2, -0.15) is 0 Å². The van der Waals surface area contributed by atoms with Crippen LogP contribution in [-0.4, -0.2) is 46.2 Å². The first kappa shape index (κ1) is 17.7. The van der Waals surface area contributed by atoms with Gasteiger partial charge in [-0.05, 0) is 59.5 Å². The molecule has 1 fully saturated rings. The smallest absolute Gasteiger partial charge is 0.407 e. The Bertz CT molecular complexity index is 493. The second kappa shape index (κ2) is 7.73. The van der Waals surface area contributed by atoms with Crippen LogP contribution in [0.25, 0.3) is 0 Å². The average Bonchev–Trinajstić information content (AvgIpc) is 2.52. The van der Waals surface area contributed by atoms with Crippen LogP contribution in [0, 0.1) is 5.92 Å². The standard InChI is InChI=1S/C17H28N4O2/c1-13(15-12-18-7-8-19-15)21-9-5-14(6-10-21)11-20-16(22)23-17(2,3)4/h7-8,12-14H,5-6,9-11H2,1-4H3,(H,20,22)/t13-/m1/s1. The fourth-order valence-corrected chi connectivity index (χ4v) is 2.80. The van der Waals surface area contributed by atoms with Gasteiger partial charge >= 0.3 is 6.09 Å². The molecule has 0 bridgehead atoms. The normalized spacial score (nSPS) is 18.4. The van der Waals surface area contributed by atoms with Crippen LogP contribution in [-0.2, 0) is 4.74 Å². The van der Waals surface area contributed by atoms with Crippen LogP contribution < -0.4 is 5.32 Å². The van der Waals surface area contributed by atoms with Crippen molar-refractivity contribution in [1.82, 2.24) is 20.2 Å². The molecule has 0 saturated carbocycles. The van der Waals surface area contributed by atoms with Gasteiger partial charge in [0.15, 0.2) is 0 Å². The van der Waals surface area contributed by atoms with E-state index in [0.717, 1.165) is 31.6 Å². The monoisotopic (exact) mass is 320 g/mol. The van der Waals surface area contributed by atoms with Crippen molar-refractivity contribution in [3.63, 3.8) is 0 Å². The Morgan fingerprint density at radius 1 is 1.39 bits per heavy atom. The summed E-state index contributed by atoms with van der Waals surface area (Å²) in [6.45, 7) is 10.5. The van der Waals surface area contributed by atoms with Crippen molar-refractivity contribution < 1.29 is 9.53 Å². The number of amides is 1. The Balaban J connectivity index is 1.73. The summed E-state index contributed by atoms with van der Waals surface area (Å²) in [5.41, 5.74) is 0.567. The number of rotatable bonds is 4. The number of hydrogen-bond donors (Lipinski definition) is 1. The second-order valence-electron chi connectivity index (χ2n) is 7.17. The van der Waals surface area contributed by atoms with Crippen LogP contribution in [0.1, 0.15) is 52.3 Å². The minimum atomic E-state index is -0.445. The number of nitrogens with zero attached hydrogens (tertiary/aromatic N) is 3. The summed E-state index contributed by atoms with van der Waals surface area (Å²) in [6.07, 6.45) is 7.09. The minimum Gasteiger partial charge on any atom is -0.444 e. The summed E-state index contributed by atoms with van der Waals surface area (Å²) in [4.78, 5) is 22.7. The summed E-state index contributed by atoms with van der Waals surface area (Å²) < 4.78 is 5.27. The highest BCUT2D eigenvalue weighted by molar-refractivity contribution is 5.67. The highest BCUT2D eigenvalue weighted by Crippen LogP contribution is 2.24. The molecule has 6 nitrogen and oxygen atoms in total. The van der Waals surface area contributed by atoms with E-state index in [2.05, 4.69) is 27.1 Å². The molecule has 0 aliphatic carbocycles. The van der Waals surface area contributed by atoms with Gasteiger partial charge in [0.1, 0.15) is 5.60 Å². The van der Waals surface area contributed by atoms with E-state index >= 15 is 0 Å². The van der Waals surface area contributed by atoms with Crippen molar-refractivity contribution in [2.24, 2.45) is 5.92 Å². The third-order valence-electron chi connectivity index (χ3n) is 4.14. The van der Waals surface area contributed by atoms with E-state index in [4.69, 9.17) is 4.74 Å². The van der Waals surface area contributed by atoms with E-state index in [1.165, 1.54) is 0 Å². The van der Waals surface area contributed by atoms with Gasteiger partial charge in [0.05, 0.1) is 11.7 Å². The second-order valence-corrected chi connectivity index (χ2v) is 7.17. The van der Waals surface area contributed by atoms with Gasteiger partial charge in [0.25, 0.3) is 0 Å². The van der Waals surface area contributed by atoms with Crippen LogP contribution in [0.5, 0.6) is 0 Å². The first-order valence-electron chi connectivity index (χ1n) is 8.32. The first-order valence-corrected chi connectivity index (χ1v) is 8.32. The van der Waals surface area contributed by atoms with Gasteiger partial charge in [0.2, 0.25) is 0 Å². The van der Waals surface area contributed by atoms with E-state index in [9.17, 15) is 4.79 Å². The van der Waals surface area contributed by atoms with Gasteiger partial charge in [0, 0.05) is 25.1 Å². The van der Waals surface area contributed by atoms with Crippen molar-refractivity contribution in [3.8, 4) is 0 Å². The van der Waals surface area contributed by atoms with Crippen LogP contribution >= 0.6 is 0 Å². The molecule has 1 aromatic heterocycles. The van der Waals surface area contributed by atoms with Crippen molar-refractivity contribution in [2.45, 2.75) is 52.2 Å². The van der Waals surface area contributed by atoms with E-state index in [-0.39, 0.29) is 12.1 Å². The van der Waals surface area contributed by atoms with Crippen LogP contribution in [0.2, 0.25) is 0 Å². The maximum atomic E-state index is 11.7. The average molecular weight is 320 g/mol. The number of hydrogen-bond acceptors (Lipinski definition) is 5. The molecule has 1 aliphatic heterocycles. The van der Waals surface area contributed by atoms with Crippen LogP contribution in [0.4, 0.5) is 4.79 Å². The third-order valence-corrected chi connectivity index (χ3v) is 4.14. The van der Waals surface area contributed by atoms with E-state index in [1.807, 2.05) is 27.0 Å². The maximum absolute atomic E-state index is 11.7. The van der Waals surface area contributed by atoms with Crippen LogP contribution in [0.3, 0.4) is 0 Å². The van der Waals surface area contributed by atoms with Crippen molar-refractivity contribution in [1.29, 1.82) is 0 Å². The molecule has 0 spiro atoms. The Hall–Kier alpha value is -1.69. The lowest BCUT2D eigenvalue weighted by Gasteiger charge is -2.35. The van der Waals surface area contributed by atoms with Crippen molar-refractivity contribution in [3.05, 3.63) is 24.3 Å². The third kappa shape index (κ3) is 5.78. The predicted molar refractivity (Wildman–Crippen MR) is 89.0 cm³/mol. The summed E-state index contributed by atoms with van der Waals surface area (Å²) >= 11 is 0. The molecule has 1 atom stereocenters. The summed E-state index contributed by atoms with van der Waals surface area (Å²) in [5, 5.41) is 2.88. The number of piperidine rings is 1. The molecule has 1 saturated heterocycles. The van der Waals surface area contributed by atoms with Gasteiger partial charge in [-0.15, -0.1) is 0 Å². The molecule has 1 aliphatic rings. The molecule has 1 amide bonds. The maximum Gasteiger partial charge on any atom is 0.407 e. The largest absolute Gasteiger partial charge is 0.444 e. The molecule has 1 N–H and O–H groups in total. The fourth-order valence-electron chi connectivity index (χ4n) is 2.80. The molecule has 0 aromatic carbocycles. The number of likely N-dealkylation sites (tertiary alicyclic amines) is 1. The molecule has 2 heterocycles. The Morgan fingerprint density at radius 3 is 2.65 bits per heavy atom. The molecule has 23 heavy (non-hydrogen) atoms. The van der Waals surface area contributed by atoms with Gasteiger partial charge < -0.3 is 10.1 Å². The zero-order chi connectivity index (χ0) is 16.9.